The molecule has 7 nitrogen and oxygen atoms in total. The molecule has 2 heterocycles. The minimum Gasteiger partial charge on any atom is -0.494 e. The van der Waals surface area contributed by atoms with E-state index in [1.165, 1.54) is 12.1 Å². The number of rotatable bonds is 11. The van der Waals surface area contributed by atoms with Gasteiger partial charge in [0.05, 0.1) is 12.9 Å². The fraction of sp³-hybridized carbons (Fsp3) is 0.407. The number of aromatic nitrogens is 2. The van der Waals surface area contributed by atoms with Crippen LogP contribution in [-0.4, -0.2) is 53.3 Å². The fourth-order valence-corrected chi connectivity index (χ4v) is 4.42. The molecule has 35 heavy (non-hydrogen) atoms. The smallest absolute Gasteiger partial charge is 0.317 e. The first-order chi connectivity index (χ1) is 17.1. The van der Waals surface area contributed by atoms with E-state index in [1.54, 1.807) is 12.5 Å². The van der Waals surface area contributed by atoms with Crippen LogP contribution in [0.2, 0.25) is 0 Å². The molecule has 3 aromatic rings. The van der Waals surface area contributed by atoms with E-state index in [1.807, 2.05) is 59.0 Å². The summed E-state index contributed by atoms with van der Waals surface area (Å²) in [6, 6.07) is 14.5. The van der Waals surface area contributed by atoms with E-state index in [-0.39, 0.29) is 11.8 Å². The van der Waals surface area contributed by atoms with Crippen molar-refractivity contribution in [3.8, 4) is 5.75 Å². The third-order valence-corrected chi connectivity index (χ3v) is 6.32. The zero-order chi connectivity index (χ0) is 24.5. The third-order valence-electron chi connectivity index (χ3n) is 6.32. The number of nitrogens with zero attached hydrogens (tertiary/aromatic N) is 4. The van der Waals surface area contributed by atoms with Crippen molar-refractivity contribution in [2.45, 2.75) is 32.9 Å². The number of hydrogen-bond acceptors (Lipinski definition) is 4. The largest absolute Gasteiger partial charge is 0.494 e. The molecule has 0 radical (unpaired) electrons. The Morgan fingerprint density at radius 2 is 2.00 bits per heavy atom. The van der Waals surface area contributed by atoms with Gasteiger partial charge in [0.2, 0.25) is 0 Å². The van der Waals surface area contributed by atoms with Gasteiger partial charge in [-0.3, -0.25) is 0 Å². The summed E-state index contributed by atoms with van der Waals surface area (Å²) in [6.45, 7) is 6.96. The molecule has 0 spiro atoms. The van der Waals surface area contributed by atoms with Crippen LogP contribution in [0.3, 0.4) is 0 Å². The molecule has 2 amide bonds. The van der Waals surface area contributed by atoms with Crippen molar-refractivity contribution < 1.29 is 13.9 Å². The van der Waals surface area contributed by atoms with E-state index in [4.69, 9.17) is 4.74 Å². The highest BCUT2D eigenvalue weighted by Gasteiger charge is 2.24. The SMILES string of the molecule is CCOc1ccc(CN(CCCn2ccnc2)C(=O)NCC2CCN(c3ccc(F)cc3)C2)cc1. The first kappa shape index (κ1) is 24.6. The number of nitrogens with one attached hydrogen (secondary N) is 1. The second-order valence-corrected chi connectivity index (χ2v) is 8.92. The molecule has 0 aliphatic carbocycles. The van der Waals surface area contributed by atoms with Crippen LogP contribution in [0.4, 0.5) is 14.9 Å². The highest BCUT2D eigenvalue weighted by atomic mass is 19.1. The van der Waals surface area contributed by atoms with Gasteiger partial charge in [-0.1, -0.05) is 12.1 Å². The summed E-state index contributed by atoms with van der Waals surface area (Å²) >= 11 is 0. The minimum absolute atomic E-state index is 0.0512. The number of imidazole rings is 1. The summed E-state index contributed by atoms with van der Waals surface area (Å²) in [5, 5.41) is 3.16. The Morgan fingerprint density at radius 3 is 2.71 bits per heavy atom. The number of carbonyl (C=O) groups excluding carboxylic acids is 1. The van der Waals surface area contributed by atoms with E-state index in [0.717, 1.165) is 49.5 Å². The van der Waals surface area contributed by atoms with Crippen LogP contribution in [0.15, 0.2) is 67.3 Å². The summed E-state index contributed by atoms with van der Waals surface area (Å²) < 4.78 is 20.8. The molecular formula is C27H34FN5O2. The Labute approximate surface area is 206 Å². The summed E-state index contributed by atoms with van der Waals surface area (Å²) in [5.41, 5.74) is 2.09. The molecule has 1 atom stereocenters. The Morgan fingerprint density at radius 1 is 1.20 bits per heavy atom. The van der Waals surface area contributed by atoms with Crippen LogP contribution in [0.25, 0.3) is 0 Å². The Balaban J connectivity index is 1.31. The number of anilines is 1. The van der Waals surface area contributed by atoms with Crippen molar-refractivity contribution in [3.05, 3.63) is 78.6 Å². The molecule has 1 fully saturated rings. The van der Waals surface area contributed by atoms with Crippen LogP contribution in [0, 0.1) is 11.7 Å². The standard InChI is InChI=1S/C27H34FN5O2/c1-2-35-26-10-4-22(5-11-26)19-33(15-3-14-31-17-13-29-21-31)27(34)30-18-23-12-16-32(20-23)25-8-6-24(28)7-9-25/h4-11,13,17,21,23H,2-3,12,14-16,18-20H2,1H3,(H,30,34). The van der Waals surface area contributed by atoms with Crippen LogP contribution in [0.5, 0.6) is 5.75 Å². The molecule has 1 saturated heterocycles. The third kappa shape index (κ3) is 7.21. The van der Waals surface area contributed by atoms with Crippen molar-refractivity contribution in [3.63, 3.8) is 0 Å². The number of aryl methyl sites for hydroxylation is 1. The normalized spacial score (nSPS) is 15.3. The molecule has 1 aliphatic heterocycles. The predicted octanol–water partition coefficient (Wildman–Crippen LogP) is 4.55. The average Bonchev–Trinajstić information content (AvgIpc) is 3.56. The molecule has 1 aliphatic rings. The molecular weight excluding hydrogens is 445 g/mol. The molecule has 1 N–H and O–H groups in total. The maximum Gasteiger partial charge on any atom is 0.317 e. The van der Waals surface area contributed by atoms with E-state index in [9.17, 15) is 9.18 Å². The number of hydrogen-bond donors (Lipinski definition) is 1. The number of amides is 2. The lowest BCUT2D eigenvalue weighted by molar-refractivity contribution is 0.192. The van der Waals surface area contributed by atoms with E-state index < -0.39 is 0 Å². The lowest BCUT2D eigenvalue weighted by atomic mass is 10.1. The van der Waals surface area contributed by atoms with Gasteiger partial charge in [0.1, 0.15) is 11.6 Å². The molecule has 8 heteroatoms. The number of urea groups is 1. The van der Waals surface area contributed by atoms with Crippen molar-refractivity contribution in [1.82, 2.24) is 19.8 Å². The van der Waals surface area contributed by atoms with Crippen LogP contribution in [-0.2, 0) is 13.1 Å². The highest BCUT2D eigenvalue weighted by Crippen LogP contribution is 2.23. The Bertz CT molecular complexity index is 1040. The number of benzene rings is 2. The first-order valence-electron chi connectivity index (χ1n) is 12.3. The maximum absolute atomic E-state index is 13.2. The Hall–Kier alpha value is -3.55. The summed E-state index contributed by atoms with van der Waals surface area (Å²) in [4.78, 5) is 21.4. The van der Waals surface area contributed by atoms with Gasteiger partial charge >= 0.3 is 6.03 Å². The Kier molecular flexibility index (Phi) is 8.59. The van der Waals surface area contributed by atoms with E-state index in [0.29, 0.717) is 32.2 Å². The van der Waals surface area contributed by atoms with Gasteiger partial charge in [-0.05, 0) is 67.6 Å². The quantitative estimate of drug-likeness (QED) is 0.438. The highest BCUT2D eigenvalue weighted by molar-refractivity contribution is 5.74. The van der Waals surface area contributed by atoms with Crippen molar-refractivity contribution in [1.29, 1.82) is 0 Å². The molecule has 1 aromatic heterocycles. The summed E-state index contributed by atoms with van der Waals surface area (Å²) in [7, 11) is 0. The predicted molar refractivity (Wildman–Crippen MR) is 135 cm³/mol. The fourth-order valence-electron chi connectivity index (χ4n) is 4.42. The van der Waals surface area contributed by atoms with Gasteiger partial charge < -0.3 is 24.4 Å². The topological polar surface area (TPSA) is 62.6 Å². The van der Waals surface area contributed by atoms with Crippen molar-refractivity contribution in [2.24, 2.45) is 5.92 Å². The van der Waals surface area contributed by atoms with E-state index in [2.05, 4.69) is 15.2 Å². The number of ether oxygens (including phenoxy) is 1. The van der Waals surface area contributed by atoms with Gasteiger partial charge in [0, 0.05) is 57.3 Å². The minimum atomic E-state index is -0.225. The van der Waals surface area contributed by atoms with Gasteiger partial charge in [-0.25, -0.2) is 14.2 Å². The van der Waals surface area contributed by atoms with Gasteiger partial charge in [0.15, 0.2) is 0 Å². The van der Waals surface area contributed by atoms with Gasteiger partial charge in [-0.15, -0.1) is 0 Å². The van der Waals surface area contributed by atoms with Crippen LogP contribution >= 0.6 is 0 Å². The van der Waals surface area contributed by atoms with Crippen LogP contribution in [0.1, 0.15) is 25.3 Å². The lowest BCUT2D eigenvalue weighted by Gasteiger charge is -2.25. The van der Waals surface area contributed by atoms with Crippen molar-refractivity contribution >= 4 is 11.7 Å². The molecule has 0 saturated carbocycles. The zero-order valence-corrected chi connectivity index (χ0v) is 20.3. The summed E-state index contributed by atoms with van der Waals surface area (Å²) in [5.74, 6) is 0.971. The van der Waals surface area contributed by atoms with Crippen molar-refractivity contribution in [2.75, 3.05) is 37.7 Å². The summed E-state index contributed by atoms with van der Waals surface area (Å²) in [6.07, 6.45) is 7.33. The second-order valence-electron chi connectivity index (χ2n) is 8.92. The molecule has 4 rings (SSSR count). The van der Waals surface area contributed by atoms with Crippen LogP contribution < -0.4 is 15.0 Å². The van der Waals surface area contributed by atoms with Gasteiger partial charge in [0.25, 0.3) is 0 Å². The number of halogens is 1. The lowest BCUT2D eigenvalue weighted by Crippen LogP contribution is -2.42. The molecule has 2 aromatic carbocycles. The zero-order valence-electron chi connectivity index (χ0n) is 20.3. The maximum atomic E-state index is 13.2. The first-order valence-corrected chi connectivity index (χ1v) is 12.3. The average molecular weight is 480 g/mol. The monoisotopic (exact) mass is 479 g/mol. The molecule has 0 bridgehead atoms. The molecule has 186 valence electrons. The second kappa shape index (κ2) is 12.2. The van der Waals surface area contributed by atoms with E-state index >= 15 is 0 Å². The number of carbonyl (C=O) groups is 1. The van der Waals surface area contributed by atoms with Gasteiger partial charge in [-0.2, -0.15) is 0 Å². The molecule has 1 unspecified atom stereocenters.